The van der Waals surface area contributed by atoms with Gasteiger partial charge in [0.05, 0.1) is 12.2 Å². The monoisotopic (exact) mass is 277 g/mol. The Labute approximate surface area is 120 Å². The van der Waals surface area contributed by atoms with Gasteiger partial charge in [0.1, 0.15) is 0 Å². The number of aryl methyl sites for hydroxylation is 1. The number of pyridine rings is 1. The quantitative estimate of drug-likeness (QED) is 0.815. The van der Waals surface area contributed by atoms with Crippen molar-refractivity contribution in [2.45, 2.75) is 38.8 Å². The average Bonchev–Trinajstić information content (AvgIpc) is 2.49. The van der Waals surface area contributed by atoms with Gasteiger partial charge in [0.15, 0.2) is 0 Å². The molecular formula is C15H23N3O2. The number of carbonyl (C=O) groups is 1. The molecule has 2 heterocycles. The molecule has 110 valence electrons. The van der Waals surface area contributed by atoms with Gasteiger partial charge in [-0.15, -0.1) is 0 Å². The van der Waals surface area contributed by atoms with E-state index in [1.54, 1.807) is 6.20 Å². The summed E-state index contributed by atoms with van der Waals surface area (Å²) >= 11 is 0. The van der Waals surface area contributed by atoms with Crippen LogP contribution in [0.4, 0.5) is 0 Å². The molecule has 0 bridgehead atoms. The number of ether oxygens (including phenoxy) is 1. The fourth-order valence-corrected chi connectivity index (χ4v) is 2.37. The van der Waals surface area contributed by atoms with Gasteiger partial charge in [-0.1, -0.05) is 13.0 Å². The van der Waals surface area contributed by atoms with E-state index in [2.05, 4.69) is 28.6 Å². The van der Waals surface area contributed by atoms with Gasteiger partial charge < -0.3 is 15.4 Å². The molecule has 5 heteroatoms. The van der Waals surface area contributed by atoms with Crippen LogP contribution in [-0.4, -0.2) is 36.7 Å². The van der Waals surface area contributed by atoms with E-state index < -0.39 is 0 Å². The molecule has 1 aromatic rings. The number of rotatable bonds is 6. The van der Waals surface area contributed by atoms with E-state index in [4.69, 9.17) is 4.74 Å². The lowest BCUT2D eigenvalue weighted by molar-refractivity contribution is -0.121. The van der Waals surface area contributed by atoms with E-state index in [1.807, 2.05) is 6.07 Å². The van der Waals surface area contributed by atoms with Gasteiger partial charge in [-0.2, -0.15) is 0 Å². The summed E-state index contributed by atoms with van der Waals surface area (Å²) in [5.74, 6) is 0.0471. The van der Waals surface area contributed by atoms with Gasteiger partial charge in [0.25, 0.3) is 0 Å². The van der Waals surface area contributed by atoms with Gasteiger partial charge in [-0.3, -0.25) is 9.78 Å². The van der Waals surface area contributed by atoms with E-state index in [-0.39, 0.29) is 11.9 Å². The fraction of sp³-hybridized carbons (Fsp3) is 0.600. The third-order valence-corrected chi connectivity index (χ3v) is 3.53. The van der Waals surface area contributed by atoms with Crippen LogP contribution >= 0.6 is 0 Å². The van der Waals surface area contributed by atoms with Crippen LogP contribution < -0.4 is 10.6 Å². The van der Waals surface area contributed by atoms with Gasteiger partial charge in [-0.05, 0) is 30.9 Å². The lowest BCUT2D eigenvalue weighted by Gasteiger charge is -2.23. The van der Waals surface area contributed by atoms with Gasteiger partial charge in [0, 0.05) is 32.0 Å². The highest BCUT2D eigenvalue weighted by molar-refractivity contribution is 5.78. The summed E-state index contributed by atoms with van der Waals surface area (Å²) in [6.07, 6.45) is 4.56. The van der Waals surface area contributed by atoms with E-state index in [1.165, 1.54) is 5.56 Å². The van der Waals surface area contributed by atoms with E-state index in [0.717, 1.165) is 38.2 Å². The first kappa shape index (κ1) is 14.9. The molecule has 0 saturated carbocycles. The molecule has 0 atom stereocenters. The molecule has 2 rings (SSSR count). The summed E-state index contributed by atoms with van der Waals surface area (Å²) in [6.45, 7) is 4.55. The summed E-state index contributed by atoms with van der Waals surface area (Å²) in [7, 11) is 0. The van der Waals surface area contributed by atoms with Crippen LogP contribution in [0.15, 0.2) is 18.3 Å². The number of aromatic nitrogens is 1. The summed E-state index contributed by atoms with van der Waals surface area (Å²) in [5.41, 5.74) is 2.25. The van der Waals surface area contributed by atoms with Crippen molar-refractivity contribution in [3.05, 3.63) is 29.6 Å². The van der Waals surface area contributed by atoms with Crippen LogP contribution in [0.3, 0.4) is 0 Å². The highest BCUT2D eigenvalue weighted by Gasteiger charge is 2.15. The molecule has 5 nitrogen and oxygen atoms in total. The number of amides is 1. The Bertz CT molecular complexity index is 431. The Hall–Kier alpha value is -1.46. The molecule has 1 saturated heterocycles. The predicted molar refractivity (Wildman–Crippen MR) is 77.3 cm³/mol. The fourth-order valence-electron chi connectivity index (χ4n) is 2.37. The van der Waals surface area contributed by atoms with Gasteiger partial charge >= 0.3 is 0 Å². The Morgan fingerprint density at radius 3 is 3.00 bits per heavy atom. The molecule has 0 aromatic carbocycles. The van der Waals surface area contributed by atoms with E-state index in [0.29, 0.717) is 13.1 Å². The molecule has 1 aromatic heterocycles. The first-order chi connectivity index (χ1) is 9.79. The zero-order chi connectivity index (χ0) is 14.2. The molecule has 1 aliphatic rings. The molecule has 2 N–H and O–H groups in total. The number of hydrogen-bond donors (Lipinski definition) is 2. The Kier molecular flexibility index (Phi) is 5.95. The molecule has 0 spiro atoms. The Balaban J connectivity index is 1.70. The van der Waals surface area contributed by atoms with Crippen molar-refractivity contribution in [3.63, 3.8) is 0 Å². The molecule has 1 amide bonds. The van der Waals surface area contributed by atoms with E-state index >= 15 is 0 Å². The summed E-state index contributed by atoms with van der Waals surface area (Å²) < 4.78 is 5.27. The Morgan fingerprint density at radius 1 is 1.45 bits per heavy atom. The first-order valence-electron chi connectivity index (χ1n) is 7.30. The standard InChI is InChI=1S/C15H23N3O2/c1-2-12-4-3-7-17-14(12)10-16-11-15(19)18-13-5-8-20-9-6-13/h3-4,7,13,16H,2,5-6,8-11H2,1H3,(H,18,19). The van der Waals surface area contributed by atoms with Crippen molar-refractivity contribution >= 4 is 5.91 Å². The average molecular weight is 277 g/mol. The largest absolute Gasteiger partial charge is 0.381 e. The minimum Gasteiger partial charge on any atom is -0.381 e. The van der Waals surface area contributed by atoms with Crippen molar-refractivity contribution in [1.82, 2.24) is 15.6 Å². The molecule has 1 fully saturated rings. The Morgan fingerprint density at radius 2 is 2.25 bits per heavy atom. The molecule has 0 aliphatic carbocycles. The van der Waals surface area contributed by atoms with Crippen molar-refractivity contribution in [3.8, 4) is 0 Å². The molecule has 1 aliphatic heterocycles. The topological polar surface area (TPSA) is 63.2 Å². The number of nitrogens with zero attached hydrogens (tertiary/aromatic N) is 1. The van der Waals surface area contributed by atoms with Crippen molar-refractivity contribution in [1.29, 1.82) is 0 Å². The van der Waals surface area contributed by atoms with Crippen LogP contribution in [0.25, 0.3) is 0 Å². The maximum atomic E-state index is 11.8. The molecule has 0 radical (unpaired) electrons. The van der Waals surface area contributed by atoms with Crippen LogP contribution in [-0.2, 0) is 22.5 Å². The van der Waals surface area contributed by atoms with Gasteiger partial charge in [-0.25, -0.2) is 0 Å². The summed E-state index contributed by atoms with van der Waals surface area (Å²) in [4.78, 5) is 16.2. The number of hydrogen-bond acceptors (Lipinski definition) is 4. The lowest BCUT2D eigenvalue weighted by Crippen LogP contribution is -2.43. The molecule has 0 unspecified atom stereocenters. The smallest absolute Gasteiger partial charge is 0.234 e. The number of carbonyl (C=O) groups excluding carboxylic acids is 1. The maximum Gasteiger partial charge on any atom is 0.234 e. The second-order valence-electron chi connectivity index (χ2n) is 5.02. The highest BCUT2D eigenvalue weighted by Crippen LogP contribution is 2.06. The van der Waals surface area contributed by atoms with Crippen LogP contribution in [0.2, 0.25) is 0 Å². The third kappa shape index (κ3) is 4.58. The van der Waals surface area contributed by atoms with E-state index in [9.17, 15) is 4.79 Å². The zero-order valence-corrected chi connectivity index (χ0v) is 12.0. The maximum absolute atomic E-state index is 11.8. The van der Waals surface area contributed by atoms with Crippen LogP contribution in [0.1, 0.15) is 31.0 Å². The van der Waals surface area contributed by atoms with Gasteiger partial charge in [0.2, 0.25) is 5.91 Å². The van der Waals surface area contributed by atoms with Crippen molar-refractivity contribution in [2.75, 3.05) is 19.8 Å². The minimum atomic E-state index is 0.0471. The highest BCUT2D eigenvalue weighted by atomic mass is 16.5. The zero-order valence-electron chi connectivity index (χ0n) is 12.0. The molecular weight excluding hydrogens is 254 g/mol. The first-order valence-corrected chi connectivity index (χ1v) is 7.30. The lowest BCUT2D eigenvalue weighted by atomic mass is 10.1. The van der Waals surface area contributed by atoms with Crippen LogP contribution in [0, 0.1) is 0 Å². The number of nitrogens with one attached hydrogen (secondary N) is 2. The summed E-state index contributed by atoms with van der Waals surface area (Å²) in [6, 6.07) is 4.28. The van der Waals surface area contributed by atoms with Crippen LogP contribution in [0.5, 0.6) is 0 Å². The van der Waals surface area contributed by atoms with Crippen molar-refractivity contribution in [2.24, 2.45) is 0 Å². The molecule has 20 heavy (non-hydrogen) atoms. The predicted octanol–water partition coefficient (Wildman–Crippen LogP) is 1.03. The second-order valence-corrected chi connectivity index (χ2v) is 5.02. The van der Waals surface area contributed by atoms with Crippen molar-refractivity contribution < 1.29 is 9.53 Å². The SMILES string of the molecule is CCc1cccnc1CNCC(=O)NC1CCOCC1. The second kappa shape index (κ2) is 7.97. The third-order valence-electron chi connectivity index (χ3n) is 3.53. The normalized spacial score (nSPS) is 16.1. The minimum absolute atomic E-state index is 0.0471. The summed E-state index contributed by atoms with van der Waals surface area (Å²) in [5, 5.41) is 6.19.